The predicted molar refractivity (Wildman–Crippen MR) is 143 cm³/mol. The van der Waals surface area contributed by atoms with E-state index in [1.54, 1.807) is 4.90 Å². The summed E-state index contributed by atoms with van der Waals surface area (Å²) in [6.45, 7) is 12.9. The highest BCUT2D eigenvalue weighted by Gasteiger charge is 2.34. The zero-order valence-corrected chi connectivity index (χ0v) is 22.9. The molecule has 9 nitrogen and oxygen atoms in total. The Hall–Kier alpha value is -2.91. The fourth-order valence-electron chi connectivity index (χ4n) is 3.98. The van der Waals surface area contributed by atoms with Crippen LogP contribution in [0.4, 0.5) is 5.69 Å². The van der Waals surface area contributed by atoms with E-state index in [1.807, 2.05) is 72.9 Å². The molecule has 2 aliphatic rings. The minimum absolute atomic E-state index is 0.00160. The lowest BCUT2D eigenvalue weighted by molar-refractivity contribution is -0.134. The number of amides is 3. The molecule has 1 saturated carbocycles. The lowest BCUT2D eigenvalue weighted by atomic mass is 9.95. The number of hydrogen-bond acceptors (Lipinski definition) is 6. The zero-order valence-electron chi connectivity index (χ0n) is 22.9. The van der Waals surface area contributed by atoms with Gasteiger partial charge in [0.2, 0.25) is 11.8 Å². The van der Waals surface area contributed by atoms with Gasteiger partial charge in [0.1, 0.15) is 5.70 Å². The molecular weight excluding hydrogens is 456 g/mol. The number of nitrogens with zero attached hydrogens (tertiary/aromatic N) is 2. The van der Waals surface area contributed by atoms with Crippen LogP contribution in [-0.2, 0) is 20.9 Å². The van der Waals surface area contributed by atoms with Crippen molar-refractivity contribution in [3.8, 4) is 0 Å². The molecule has 3 amide bonds. The standard InChI is InChI=1S/C25H38N6O3.C2H6/c1-15(2)23(32)29-21-11-18(12-27-5)6-9-20(21)16(3)10-22-25(34)30(13-17(4)31(22)26)14-28-24(33)19-7-8-19;1-2/h6,9-11,15-17,19,27H,7-8,12-14,26H2,1-5H3,(H,28,33)(H,29,32);1-2H3/b22-10-;. The highest BCUT2D eigenvalue weighted by molar-refractivity contribution is 5.95. The van der Waals surface area contributed by atoms with Gasteiger partial charge >= 0.3 is 0 Å². The topological polar surface area (TPSA) is 120 Å². The third-order valence-electron chi connectivity index (χ3n) is 6.32. The van der Waals surface area contributed by atoms with Crippen molar-refractivity contribution in [2.75, 3.05) is 25.6 Å². The molecule has 36 heavy (non-hydrogen) atoms. The van der Waals surface area contributed by atoms with E-state index in [9.17, 15) is 14.4 Å². The van der Waals surface area contributed by atoms with E-state index in [0.29, 0.717) is 18.8 Å². The fourth-order valence-corrected chi connectivity index (χ4v) is 3.98. The fraction of sp³-hybridized carbons (Fsp3) is 0.593. The molecule has 5 N–H and O–H groups in total. The van der Waals surface area contributed by atoms with E-state index in [1.165, 1.54) is 5.01 Å². The number of benzene rings is 1. The molecule has 9 heteroatoms. The Morgan fingerprint density at radius 3 is 2.44 bits per heavy atom. The van der Waals surface area contributed by atoms with Crippen molar-refractivity contribution in [1.82, 2.24) is 20.5 Å². The number of anilines is 1. The summed E-state index contributed by atoms with van der Waals surface area (Å²) in [7, 11) is 1.87. The number of carbonyl (C=O) groups is 3. The van der Waals surface area contributed by atoms with Gasteiger partial charge in [-0.15, -0.1) is 0 Å². The SMILES string of the molecule is CC.CNCc1ccc(C(C)/C=C2/C(=O)N(CNC(=O)C3CC3)CC(C)N2N)c(NC(=O)C(C)C)c1. The van der Waals surface area contributed by atoms with Crippen LogP contribution < -0.4 is 21.8 Å². The van der Waals surface area contributed by atoms with Crippen LogP contribution in [0.5, 0.6) is 0 Å². The van der Waals surface area contributed by atoms with Crippen molar-refractivity contribution in [3.63, 3.8) is 0 Å². The molecule has 3 rings (SSSR count). The summed E-state index contributed by atoms with van der Waals surface area (Å²) in [6, 6.07) is 5.85. The average Bonchev–Trinajstić information content (AvgIpc) is 3.70. The molecule has 0 radical (unpaired) electrons. The number of nitrogens with one attached hydrogen (secondary N) is 3. The van der Waals surface area contributed by atoms with Gasteiger partial charge < -0.3 is 25.9 Å². The smallest absolute Gasteiger partial charge is 0.272 e. The number of carbonyl (C=O) groups excluding carboxylic acids is 3. The van der Waals surface area contributed by atoms with E-state index < -0.39 is 0 Å². The Kier molecular flexibility index (Phi) is 10.9. The average molecular weight is 501 g/mol. The summed E-state index contributed by atoms with van der Waals surface area (Å²) in [5, 5.41) is 10.5. The van der Waals surface area contributed by atoms with Gasteiger partial charge in [-0.1, -0.05) is 46.8 Å². The molecule has 1 aromatic rings. The Morgan fingerprint density at radius 1 is 1.19 bits per heavy atom. The first-order valence-corrected chi connectivity index (χ1v) is 13.0. The molecule has 2 unspecified atom stereocenters. The van der Waals surface area contributed by atoms with Gasteiger partial charge in [0, 0.05) is 36.5 Å². The molecule has 0 aromatic heterocycles. The van der Waals surface area contributed by atoms with Crippen molar-refractivity contribution >= 4 is 23.4 Å². The second-order valence-corrected chi connectivity index (χ2v) is 9.69. The van der Waals surface area contributed by atoms with Crippen molar-refractivity contribution in [3.05, 3.63) is 41.1 Å². The van der Waals surface area contributed by atoms with Crippen LogP contribution in [-0.4, -0.2) is 53.9 Å². The molecule has 0 bridgehead atoms. The van der Waals surface area contributed by atoms with E-state index >= 15 is 0 Å². The third-order valence-corrected chi connectivity index (χ3v) is 6.32. The normalized spacial score (nSPS) is 19.6. The molecule has 2 fully saturated rings. The van der Waals surface area contributed by atoms with Gasteiger partial charge in [0.15, 0.2) is 0 Å². The first kappa shape index (κ1) is 29.3. The monoisotopic (exact) mass is 500 g/mol. The van der Waals surface area contributed by atoms with Crippen LogP contribution in [0.2, 0.25) is 0 Å². The van der Waals surface area contributed by atoms with Gasteiger partial charge in [0.25, 0.3) is 5.91 Å². The van der Waals surface area contributed by atoms with Crippen LogP contribution in [0.3, 0.4) is 0 Å². The number of hydrazine groups is 1. The predicted octanol–water partition coefficient (Wildman–Crippen LogP) is 2.90. The lowest BCUT2D eigenvalue weighted by Gasteiger charge is -2.40. The Balaban J connectivity index is 0.00000222. The van der Waals surface area contributed by atoms with Crippen LogP contribution >= 0.6 is 0 Å². The maximum absolute atomic E-state index is 13.2. The van der Waals surface area contributed by atoms with Gasteiger partial charge in [-0.3, -0.25) is 14.4 Å². The third kappa shape index (κ3) is 7.54. The van der Waals surface area contributed by atoms with Gasteiger partial charge in [-0.05, 0) is 50.1 Å². The maximum atomic E-state index is 13.2. The second-order valence-electron chi connectivity index (χ2n) is 9.69. The molecule has 1 aromatic carbocycles. The lowest BCUT2D eigenvalue weighted by Crippen LogP contribution is -2.58. The minimum atomic E-state index is -0.219. The highest BCUT2D eigenvalue weighted by Crippen LogP contribution is 2.31. The summed E-state index contributed by atoms with van der Waals surface area (Å²) in [5.74, 6) is 5.74. The first-order valence-electron chi connectivity index (χ1n) is 13.0. The summed E-state index contributed by atoms with van der Waals surface area (Å²) >= 11 is 0. The Morgan fingerprint density at radius 2 is 1.86 bits per heavy atom. The largest absolute Gasteiger partial charge is 0.338 e. The van der Waals surface area contributed by atoms with E-state index in [0.717, 1.165) is 29.7 Å². The van der Waals surface area contributed by atoms with Gasteiger partial charge in [0.05, 0.1) is 12.7 Å². The number of hydrogen-bond donors (Lipinski definition) is 4. The van der Waals surface area contributed by atoms with Gasteiger partial charge in [-0.25, -0.2) is 5.84 Å². The Labute approximate surface area is 215 Å². The van der Waals surface area contributed by atoms with Crippen molar-refractivity contribution in [2.45, 2.75) is 72.9 Å². The summed E-state index contributed by atoms with van der Waals surface area (Å²) in [4.78, 5) is 39.4. The number of rotatable bonds is 9. The van der Waals surface area contributed by atoms with Crippen molar-refractivity contribution in [1.29, 1.82) is 0 Å². The van der Waals surface area contributed by atoms with E-state index in [2.05, 4.69) is 16.0 Å². The van der Waals surface area contributed by atoms with Crippen LogP contribution in [0, 0.1) is 11.8 Å². The van der Waals surface area contributed by atoms with Crippen LogP contribution in [0.25, 0.3) is 0 Å². The van der Waals surface area contributed by atoms with Crippen LogP contribution in [0.15, 0.2) is 30.0 Å². The molecule has 1 heterocycles. The highest BCUT2D eigenvalue weighted by atomic mass is 16.2. The van der Waals surface area contributed by atoms with Gasteiger partial charge in [-0.2, -0.15) is 0 Å². The summed E-state index contributed by atoms with van der Waals surface area (Å²) < 4.78 is 0. The van der Waals surface area contributed by atoms with Crippen molar-refractivity contribution < 1.29 is 14.4 Å². The molecule has 1 aliphatic carbocycles. The zero-order chi connectivity index (χ0) is 27.0. The first-order chi connectivity index (χ1) is 17.1. The second kappa shape index (κ2) is 13.4. The molecule has 1 aliphatic heterocycles. The summed E-state index contributed by atoms with van der Waals surface area (Å²) in [5.41, 5.74) is 3.05. The van der Waals surface area contributed by atoms with E-state index in [-0.39, 0.29) is 48.2 Å². The number of allylic oxidation sites excluding steroid dienone is 1. The Bertz CT molecular complexity index is 957. The minimum Gasteiger partial charge on any atom is -0.338 e. The maximum Gasteiger partial charge on any atom is 0.272 e. The van der Waals surface area contributed by atoms with E-state index in [4.69, 9.17) is 5.84 Å². The summed E-state index contributed by atoms with van der Waals surface area (Å²) in [6.07, 6.45) is 3.67. The quantitative estimate of drug-likeness (QED) is 0.306. The molecule has 200 valence electrons. The molecule has 0 spiro atoms. The van der Waals surface area contributed by atoms with Crippen LogP contribution in [0.1, 0.15) is 71.4 Å². The molecular formula is C27H44N6O3. The number of nitrogens with two attached hydrogens (primary N) is 1. The molecule has 2 atom stereocenters. The van der Waals surface area contributed by atoms with Crippen molar-refractivity contribution in [2.24, 2.45) is 17.7 Å². The number of piperazine rings is 1. The molecule has 1 saturated heterocycles.